The molecule has 4 bridgehead atoms. The maximum absolute atomic E-state index is 15.8. The van der Waals surface area contributed by atoms with Gasteiger partial charge in [0.25, 0.3) is 11.8 Å². The summed E-state index contributed by atoms with van der Waals surface area (Å²) in [6, 6.07) is 16.2. The molecule has 12 heteroatoms. The van der Waals surface area contributed by atoms with E-state index in [1.54, 1.807) is 41.0 Å². The molecule has 3 heterocycles. The van der Waals surface area contributed by atoms with Gasteiger partial charge in [0.15, 0.2) is 5.82 Å². The number of imidazole rings is 1. The first-order valence-corrected chi connectivity index (χ1v) is 14.2. The summed E-state index contributed by atoms with van der Waals surface area (Å²) >= 11 is 0.897. The van der Waals surface area contributed by atoms with Crippen molar-refractivity contribution in [3.8, 4) is 28.1 Å². The van der Waals surface area contributed by atoms with Gasteiger partial charge in [-0.1, -0.05) is 0 Å². The monoisotopic (exact) mass is 613 g/mol. The van der Waals surface area contributed by atoms with Crippen LogP contribution < -0.4 is 14.3 Å². The van der Waals surface area contributed by atoms with Gasteiger partial charge in [-0.25, -0.2) is 18.2 Å². The quantitative estimate of drug-likeness (QED) is 0.206. The van der Waals surface area contributed by atoms with Crippen LogP contribution in [0.25, 0.3) is 50.1 Å². The van der Waals surface area contributed by atoms with Crippen LogP contribution in [0.2, 0.25) is 0 Å². The number of halogens is 3. The summed E-state index contributed by atoms with van der Waals surface area (Å²) in [7, 11) is 3.17. The van der Waals surface area contributed by atoms with Crippen LogP contribution in [0.4, 0.5) is 18.9 Å². The number of carbonyl (C=O) groups excluding carboxylic acids is 2. The second kappa shape index (κ2) is 10.2. The molecular weight excluding hydrogens is 591 g/mol. The van der Waals surface area contributed by atoms with Gasteiger partial charge in [-0.15, -0.1) is 0 Å². The number of anilines is 1. The molecule has 4 aromatic carbocycles. The van der Waals surface area contributed by atoms with Crippen LogP contribution in [0.3, 0.4) is 0 Å². The third-order valence-corrected chi connectivity index (χ3v) is 8.37. The molecule has 0 spiro atoms. The van der Waals surface area contributed by atoms with Gasteiger partial charge < -0.3 is 14.0 Å². The van der Waals surface area contributed by atoms with Gasteiger partial charge in [-0.2, -0.15) is 0 Å². The fourth-order valence-electron chi connectivity index (χ4n) is 5.55. The van der Waals surface area contributed by atoms with E-state index in [-0.39, 0.29) is 22.4 Å². The number of aromatic nitrogens is 2. The highest BCUT2D eigenvalue weighted by molar-refractivity contribution is 7.99. The van der Waals surface area contributed by atoms with E-state index in [2.05, 4.69) is 15.0 Å². The summed E-state index contributed by atoms with van der Waals surface area (Å²) in [5.74, 6) is -2.18. The van der Waals surface area contributed by atoms with Crippen LogP contribution >= 0.6 is 12.1 Å². The van der Waals surface area contributed by atoms with Crippen LogP contribution in [0.1, 0.15) is 26.5 Å². The molecule has 0 fully saturated rings. The molecule has 2 aromatic heterocycles. The third kappa shape index (κ3) is 4.29. The topological polar surface area (TPSA) is 92.4 Å². The van der Waals surface area contributed by atoms with Crippen LogP contribution in [0.5, 0.6) is 0 Å². The summed E-state index contributed by atoms with van der Waals surface area (Å²) in [4.78, 5) is 30.8. The first-order valence-electron chi connectivity index (χ1n) is 13.4. The Hall–Kier alpha value is -5.23. The SMILES string of the molecule is CNC(=O)c1c(-c2ccc(F)cc2)oc2cc3c(cc12)-c1cc(F)c2nc(C)n(c2c1)-c1ccc(F)c(c1)C(=O)NSN3C. The average molecular weight is 614 g/mol. The number of aryl methyl sites for hydroxylation is 1. The normalized spacial score (nSPS) is 13.0. The largest absolute Gasteiger partial charge is 0.455 e. The number of carbonyl (C=O) groups is 2. The van der Waals surface area contributed by atoms with Gasteiger partial charge in [-0.05, 0) is 73.2 Å². The third-order valence-electron chi connectivity index (χ3n) is 7.63. The van der Waals surface area contributed by atoms with Gasteiger partial charge in [0, 0.05) is 42.4 Å². The zero-order chi connectivity index (χ0) is 30.9. The van der Waals surface area contributed by atoms with Gasteiger partial charge in [0.2, 0.25) is 0 Å². The van der Waals surface area contributed by atoms with Crippen LogP contribution in [-0.4, -0.2) is 35.5 Å². The molecule has 1 aliphatic rings. The van der Waals surface area contributed by atoms with E-state index >= 15 is 4.39 Å². The smallest absolute Gasteiger partial charge is 0.265 e. The number of amides is 2. The molecule has 0 unspecified atom stereocenters. The molecule has 2 N–H and O–H groups in total. The predicted molar refractivity (Wildman–Crippen MR) is 163 cm³/mol. The zero-order valence-corrected chi connectivity index (χ0v) is 24.3. The average Bonchev–Trinajstić information content (AvgIpc) is 3.56. The molecule has 7 rings (SSSR count). The Balaban J connectivity index is 1.55. The van der Waals surface area contributed by atoms with Crippen molar-refractivity contribution < 1.29 is 27.2 Å². The van der Waals surface area contributed by atoms with Crippen molar-refractivity contribution in [3.05, 3.63) is 101 Å². The standard InChI is InChI=1S/C32H22F3N5O3S/c1-15-37-29-24(35)10-17-11-26(29)40(15)19-8-9-23(34)21(12-19)31(41)38-44-39(3)25-14-27-22(13-20(17)25)28(32(42)36-2)30(43-27)16-4-6-18(33)7-5-16/h4-14H,1-3H3,(H,36,42)(H,38,41). The van der Waals surface area contributed by atoms with Crippen molar-refractivity contribution in [1.29, 1.82) is 0 Å². The van der Waals surface area contributed by atoms with Gasteiger partial charge in [0.05, 0.1) is 34.5 Å². The molecule has 0 saturated carbocycles. The highest BCUT2D eigenvalue weighted by atomic mass is 32.2. The number of benzene rings is 4. The number of furan rings is 1. The van der Waals surface area contributed by atoms with Crippen molar-refractivity contribution in [1.82, 2.24) is 19.6 Å². The minimum Gasteiger partial charge on any atom is -0.455 e. The summed E-state index contributed by atoms with van der Waals surface area (Å²) in [6.45, 7) is 1.69. The molecule has 44 heavy (non-hydrogen) atoms. The molecule has 220 valence electrons. The minimum absolute atomic E-state index is 0.106. The van der Waals surface area contributed by atoms with Gasteiger partial charge >= 0.3 is 0 Å². The van der Waals surface area contributed by atoms with Crippen LogP contribution in [0, 0.1) is 24.4 Å². The second-order valence-electron chi connectivity index (χ2n) is 10.3. The first-order chi connectivity index (χ1) is 21.1. The lowest BCUT2D eigenvalue weighted by molar-refractivity contribution is 0.0961. The Kier molecular flexibility index (Phi) is 6.39. The molecule has 0 radical (unpaired) electrons. The van der Waals surface area contributed by atoms with Gasteiger partial charge in [0.1, 0.15) is 34.3 Å². The summed E-state index contributed by atoms with van der Waals surface area (Å²) in [6.07, 6.45) is 0. The highest BCUT2D eigenvalue weighted by Crippen LogP contribution is 2.43. The van der Waals surface area contributed by atoms with E-state index in [4.69, 9.17) is 4.42 Å². The van der Waals surface area contributed by atoms with Crippen LogP contribution in [0.15, 0.2) is 71.1 Å². The minimum atomic E-state index is -0.717. The van der Waals surface area contributed by atoms with E-state index in [9.17, 15) is 18.4 Å². The summed E-state index contributed by atoms with van der Waals surface area (Å²) in [5.41, 5.74) is 3.25. The number of nitrogens with one attached hydrogen (secondary N) is 2. The fourth-order valence-corrected chi connectivity index (χ4v) is 6.13. The Morgan fingerprint density at radius 1 is 0.955 bits per heavy atom. The molecule has 0 saturated heterocycles. The van der Waals surface area contributed by atoms with Crippen LogP contribution in [-0.2, 0) is 0 Å². The van der Waals surface area contributed by atoms with Gasteiger partial charge in [-0.3, -0.25) is 18.9 Å². The fraction of sp³-hybridized carbons (Fsp3) is 0.0938. The van der Waals surface area contributed by atoms with Crippen molar-refractivity contribution in [3.63, 3.8) is 0 Å². The number of rotatable bonds is 2. The molecular formula is C32H22F3N5O3S. The number of hydrogen-bond acceptors (Lipinski definition) is 6. The lowest BCUT2D eigenvalue weighted by Crippen LogP contribution is -2.24. The van der Waals surface area contributed by atoms with Crippen molar-refractivity contribution in [2.75, 3.05) is 18.4 Å². The highest BCUT2D eigenvalue weighted by Gasteiger charge is 2.26. The number of hydrogen-bond donors (Lipinski definition) is 2. The van der Waals surface area contributed by atoms with E-state index < -0.39 is 29.3 Å². The second-order valence-corrected chi connectivity index (χ2v) is 11.2. The lowest BCUT2D eigenvalue weighted by Gasteiger charge is -2.21. The van der Waals surface area contributed by atoms with E-state index in [1.165, 1.54) is 55.6 Å². The van der Waals surface area contributed by atoms with E-state index in [0.717, 1.165) is 12.1 Å². The molecule has 0 atom stereocenters. The summed E-state index contributed by atoms with van der Waals surface area (Å²) < 4.78 is 56.5. The number of nitrogens with zero attached hydrogens (tertiary/aromatic N) is 3. The predicted octanol–water partition coefficient (Wildman–Crippen LogP) is 6.93. The molecule has 2 amide bonds. The number of fused-ring (bicyclic) bond motifs is 7. The molecule has 6 aromatic rings. The maximum atomic E-state index is 15.8. The van der Waals surface area contributed by atoms with Crippen molar-refractivity contribution in [2.24, 2.45) is 0 Å². The Morgan fingerprint density at radius 2 is 1.73 bits per heavy atom. The Bertz CT molecular complexity index is 2170. The van der Waals surface area contributed by atoms with E-state index in [1.807, 2.05) is 0 Å². The molecule has 1 aliphatic heterocycles. The lowest BCUT2D eigenvalue weighted by atomic mass is 9.98. The Labute approximate surface area is 252 Å². The molecule has 0 aliphatic carbocycles. The molecule has 8 nitrogen and oxygen atoms in total. The summed E-state index contributed by atoms with van der Waals surface area (Å²) in [5, 5.41) is 3.08. The maximum Gasteiger partial charge on any atom is 0.265 e. The Morgan fingerprint density at radius 3 is 2.48 bits per heavy atom. The first kappa shape index (κ1) is 27.6. The van der Waals surface area contributed by atoms with Crippen molar-refractivity contribution in [2.45, 2.75) is 6.92 Å². The zero-order valence-electron chi connectivity index (χ0n) is 23.5. The van der Waals surface area contributed by atoms with Crippen molar-refractivity contribution >= 4 is 51.6 Å². The van der Waals surface area contributed by atoms with E-state index in [0.29, 0.717) is 50.4 Å².